The molecule has 36 heavy (non-hydrogen) atoms. The number of Topliss-reactive ketones (excluding diaryl/α,β-unsaturated/α-hetero) is 1. The van der Waals surface area contributed by atoms with Gasteiger partial charge >= 0.3 is 5.97 Å². The molecule has 0 bridgehead atoms. The lowest BCUT2D eigenvalue weighted by molar-refractivity contribution is -0.145. The van der Waals surface area contributed by atoms with Crippen LogP contribution in [0.5, 0.6) is 0 Å². The molecule has 0 aliphatic heterocycles. The summed E-state index contributed by atoms with van der Waals surface area (Å²) < 4.78 is 5.56. The Morgan fingerprint density at radius 3 is 2.03 bits per heavy atom. The molecule has 0 heterocycles. The fraction of sp³-hybridized carbons (Fsp3) is 0.742. The van der Waals surface area contributed by atoms with Crippen molar-refractivity contribution >= 4 is 11.8 Å². The molecule has 3 unspecified atom stereocenters. The Morgan fingerprint density at radius 2 is 1.56 bits per heavy atom. The number of carbonyl (C=O) groups excluding carboxylic acids is 2. The number of ether oxygens (including phenoxy) is 1. The highest BCUT2D eigenvalue weighted by Crippen LogP contribution is 2.31. The summed E-state index contributed by atoms with van der Waals surface area (Å²) in [5, 5.41) is 6.45. The Kier molecular flexibility index (Phi) is 13.4. The van der Waals surface area contributed by atoms with Crippen molar-refractivity contribution in [3.8, 4) is 0 Å². The quantitative estimate of drug-likeness (QED) is 0.244. The predicted octanol–water partition coefficient (Wildman–Crippen LogP) is 6.79. The van der Waals surface area contributed by atoms with Crippen molar-refractivity contribution in [3.63, 3.8) is 0 Å². The topological polar surface area (TPSA) is 67.4 Å². The van der Waals surface area contributed by atoms with E-state index in [-0.39, 0.29) is 30.3 Å². The van der Waals surface area contributed by atoms with Crippen LogP contribution in [0.1, 0.15) is 118 Å². The SMILES string of the molecule is CCC(CC(C)C)CC(CC)c1ccc(COC(=O)CCC(NC(C)(C)C)C(=O)C(C)(C)NC)cc1. The maximum absolute atomic E-state index is 13.0. The molecule has 0 saturated carbocycles. The van der Waals surface area contributed by atoms with Gasteiger partial charge in [0, 0.05) is 12.0 Å². The van der Waals surface area contributed by atoms with Crippen LogP contribution in [0.25, 0.3) is 0 Å². The van der Waals surface area contributed by atoms with Gasteiger partial charge in [-0.25, -0.2) is 0 Å². The summed E-state index contributed by atoms with van der Waals surface area (Å²) in [7, 11) is 1.78. The van der Waals surface area contributed by atoms with E-state index in [4.69, 9.17) is 4.74 Å². The first-order chi connectivity index (χ1) is 16.7. The second-order valence-electron chi connectivity index (χ2n) is 12.4. The highest BCUT2D eigenvalue weighted by Gasteiger charge is 2.34. The molecule has 0 aliphatic carbocycles. The van der Waals surface area contributed by atoms with Crippen LogP contribution < -0.4 is 10.6 Å². The Balaban J connectivity index is 2.68. The van der Waals surface area contributed by atoms with Gasteiger partial charge in [-0.05, 0) is 96.2 Å². The van der Waals surface area contributed by atoms with Crippen molar-refractivity contribution in [1.29, 1.82) is 0 Å². The minimum absolute atomic E-state index is 0.0486. The Hall–Kier alpha value is -1.72. The number of hydrogen-bond donors (Lipinski definition) is 2. The van der Waals surface area contributed by atoms with Crippen LogP contribution in [-0.2, 0) is 20.9 Å². The van der Waals surface area contributed by atoms with Crippen LogP contribution in [0.2, 0.25) is 0 Å². The van der Waals surface area contributed by atoms with Gasteiger partial charge in [0.05, 0.1) is 11.6 Å². The van der Waals surface area contributed by atoms with E-state index in [1.807, 2.05) is 34.6 Å². The van der Waals surface area contributed by atoms with Crippen molar-refractivity contribution in [2.75, 3.05) is 7.05 Å². The average molecular weight is 503 g/mol. The molecule has 0 fully saturated rings. The Morgan fingerprint density at radius 1 is 0.944 bits per heavy atom. The smallest absolute Gasteiger partial charge is 0.306 e. The summed E-state index contributed by atoms with van der Waals surface area (Å²) >= 11 is 0. The average Bonchev–Trinajstić information content (AvgIpc) is 2.81. The standard InChI is InChI=1S/C31H54N2O3/c1-11-23(19-22(3)4)20-25(12-2)26-15-13-24(14-16-26)21-36-28(34)18-17-27(33-30(5,6)7)29(35)31(8,9)32-10/h13-16,22-23,25,27,32-33H,11-12,17-21H2,1-10H3. The van der Waals surface area contributed by atoms with Gasteiger partial charge in [0.2, 0.25) is 0 Å². The molecule has 1 rings (SSSR count). The predicted molar refractivity (Wildman–Crippen MR) is 151 cm³/mol. The summed E-state index contributed by atoms with van der Waals surface area (Å²) in [5.41, 5.74) is 1.46. The number of carbonyl (C=O) groups is 2. The number of likely N-dealkylation sites (N-methyl/N-ethyl adjacent to an activating group) is 1. The molecule has 3 atom stereocenters. The molecule has 2 N–H and O–H groups in total. The van der Waals surface area contributed by atoms with Crippen LogP contribution in [0, 0.1) is 11.8 Å². The molecule has 0 spiro atoms. The second kappa shape index (κ2) is 14.9. The first-order valence-electron chi connectivity index (χ1n) is 14.0. The van der Waals surface area contributed by atoms with Crippen molar-refractivity contribution in [2.45, 2.75) is 130 Å². The number of rotatable bonds is 16. The van der Waals surface area contributed by atoms with Crippen molar-refractivity contribution < 1.29 is 14.3 Å². The summed E-state index contributed by atoms with van der Waals surface area (Å²) in [6.45, 7) is 19.3. The summed E-state index contributed by atoms with van der Waals surface area (Å²) in [6.07, 6.45) is 5.48. The molecule has 5 heteroatoms. The molecule has 0 amide bonds. The molecule has 1 aromatic carbocycles. The molecule has 0 aromatic heterocycles. The van der Waals surface area contributed by atoms with Crippen LogP contribution in [0.4, 0.5) is 0 Å². The summed E-state index contributed by atoms with van der Waals surface area (Å²) in [5.74, 6) is 1.83. The number of benzene rings is 1. The highest BCUT2D eigenvalue weighted by molar-refractivity contribution is 5.92. The first-order valence-corrected chi connectivity index (χ1v) is 14.0. The molecular formula is C31H54N2O3. The van der Waals surface area contributed by atoms with E-state index < -0.39 is 11.6 Å². The lowest BCUT2D eigenvalue weighted by Gasteiger charge is -2.33. The van der Waals surface area contributed by atoms with Crippen molar-refractivity contribution in [2.24, 2.45) is 11.8 Å². The number of hydrogen-bond acceptors (Lipinski definition) is 5. The second-order valence-corrected chi connectivity index (χ2v) is 12.4. The van der Waals surface area contributed by atoms with E-state index in [0.29, 0.717) is 12.3 Å². The van der Waals surface area contributed by atoms with Gasteiger partial charge < -0.3 is 15.4 Å². The third-order valence-electron chi connectivity index (χ3n) is 7.15. The van der Waals surface area contributed by atoms with Crippen LogP contribution in [-0.4, -0.2) is 35.9 Å². The van der Waals surface area contributed by atoms with Gasteiger partial charge in [-0.1, -0.05) is 58.4 Å². The molecule has 0 radical (unpaired) electrons. The lowest BCUT2D eigenvalue weighted by atomic mass is 9.82. The fourth-order valence-electron chi connectivity index (χ4n) is 4.77. The van der Waals surface area contributed by atoms with E-state index in [2.05, 4.69) is 62.6 Å². The fourth-order valence-corrected chi connectivity index (χ4v) is 4.77. The zero-order valence-electron chi connectivity index (χ0n) is 24.8. The molecule has 0 saturated heterocycles. The molecular weight excluding hydrogens is 448 g/mol. The maximum Gasteiger partial charge on any atom is 0.306 e. The minimum Gasteiger partial charge on any atom is -0.461 e. The van der Waals surface area contributed by atoms with E-state index in [0.717, 1.165) is 23.8 Å². The largest absolute Gasteiger partial charge is 0.461 e. The van der Waals surface area contributed by atoms with E-state index in [1.165, 1.54) is 24.8 Å². The monoisotopic (exact) mass is 502 g/mol. The van der Waals surface area contributed by atoms with Crippen LogP contribution >= 0.6 is 0 Å². The highest BCUT2D eigenvalue weighted by atomic mass is 16.5. The summed E-state index contributed by atoms with van der Waals surface area (Å²) in [4.78, 5) is 25.6. The van der Waals surface area contributed by atoms with E-state index in [1.54, 1.807) is 7.05 Å². The number of esters is 1. The normalized spacial score (nSPS) is 15.0. The summed E-state index contributed by atoms with van der Waals surface area (Å²) in [6, 6.07) is 8.13. The van der Waals surface area contributed by atoms with Gasteiger partial charge in [-0.15, -0.1) is 0 Å². The third kappa shape index (κ3) is 11.6. The Bertz CT molecular complexity index is 793. The molecule has 0 aliphatic rings. The molecule has 206 valence electrons. The van der Waals surface area contributed by atoms with Crippen molar-refractivity contribution in [3.05, 3.63) is 35.4 Å². The molecule has 1 aromatic rings. The van der Waals surface area contributed by atoms with E-state index in [9.17, 15) is 9.59 Å². The zero-order valence-corrected chi connectivity index (χ0v) is 24.8. The Labute approximate surface area is 221 Å². The lowest BCUT2D eigenvalue weighted by Crippen LogP contribution is -2.57. The third-order valence-corrected chi connectivity index (χ3v) is 7.15. The van der Waals surface area contributed by atoms with Gasteiger partial charge in [0.25, 0.3) is 0 Å². The van der Waals surface area contributed by atoms with Gasteiger partial charge in [0.1, 0.15) is 6.61 Å². The van der Waals surface area contributed by atoms with Crippen LogP contribution in [0.15, 0.2) is 24.3 Å². The number of ketones is 1. The van der Waals surface area contributed by atoms with Gasteiger partial charge in [-0.2, -0.15) is 0 Å². The zero-order chi connectivity index (χ0) is 27.5. The van der Waals surface area contributed by atoms with Crippen molar-refractivity contribution in [1.82, 2.24) is 10.6 Å². The maximum atomic E-state index is 13.0. The molecule has 5 nitrogen and oxygen atoms in total. The van der Waals surface area contributed by atoms with Gasteiger partial charge in [-0.3, -0.25) is 9.59 Å². The van der Waals surface area contributed by atoms with E-state index >= 15 is 0 Å². The minimum atomic E-state index is -0.670. The van der Waals surface area contributed by atoms with Crippen LogP contribution in [0.3, 0.4) is 0 Å². The number of nitrogens with one attached hydrogen (secondary N) is 2. The van der Waals surface area contributed by atoms with Gasteiger partial charge in [0.15, 0.2) is 5.78 Å². The first kappa shape index (κ1) is 32.3.